The molecule has 0 aromatic heterocycles. The second kappa shape index (κ2) is 10.3. The van der Waals surface area contributed by atoms with Crippen molar-refractivity contribution in [2.24, 2.45) is 0 Å². The molecule has 0 amide bonds. The first-order valence-electron chi connectivity index (χ1n) is 5.73. The Hall–Kier alpha value is 0.160. The van der Waals surface area contributed by atoms with Gasteiger partial charge in [0.1, 0.15) is 0 Å². The van der Waals surface area contributed by atoms with E-state index in [-0.39, 0.29) is 5.75 Å². The molecule has 0 aliphatic rings. The van der Waals surface area contributed by atoms with Gasteiger partial charge in [0, 0.05) is 25.6 Å². The van der Waals surface area contributed by atoms with Gasteiger partial charge in [-0.1, -0.05) is 6.92 Å². The second-order valence-corrected chi connectivity index (χ2v) is 5.88. The molecule has 0 fully saturated rings. The summed E-state index contributed by atoms with van der Waals surface area (Å²) in [5, 5.41) is 0. The van der Waals surface area contributed by atoms with Gasteiger partial charge in [0.25, 0.3) is 0 Å². The van der Waals surface area contributed by atoms with E-state index in [1.807, 2.05) is 6.92 Å². The van der Waals surface area contributed by atoms with E-state index in [1.54, 1.807) is 0 Å². The number of sulfonamides is 1. The highest BCUT2D eigenvalue weighted by molar-refractivity contribution is 7.89. The molecule has 0 saturated carbocycles. The molecule has 0 spiro atoms. The number of unbranched alkanes of at least 4 members (excludes halogenated alkanes) is 1. The highest BCUT2D eigenvalue weighted by atomic mass is 35.5. The summed E-state index contributed by atoms with van der Waals surface area (Å²) in [5.41, 5.74) is 0. The zero-order valence-corrected chi connectivity index (χ0v) is 11.4. The van der Waals surface area contributed by atoms with Crippen LogP contribution in [0.15, 0.2) is 0 Å². The number of rotatable bonds is 11. The molecule has 0 aliphatic carbocycles. The van der Waals surface area contributed by atoms with Crippen LogP contribution in [-0.2, 0) is 14.8 Å². The highest BCUT2D eigenvalue weighted by Gasteiger charge is 2.08. The van der Waals surface area contributed by atoms with E-state index in [0.29, 0.717) is 25.5 Å². The van der Waals surface area contributed by atoms with Crippen LogP contribution in [0.1, 0.15) is 32.6 Å². The number of ether oxygens (including phenoxy) is 1. The van der Waals surface area contributed by atoms with E-state index in [9.17, 15) is 8.42 Å². The molecule has 0 bridgehead atoms. The Kier molecular flexibility index (Phi) is 10.4. The molecule has 0 aromatic rings. The van der Waals surface area contributed by atoms with Crippen LogP contribution in [0.4, 0.5) is 0 Å². The summed E-state index contributed by atoms with van der Waals surface area (Å²) in [7, 11) is -3.11. The lowest BCUT2D eigenvalue weighted by molar-refractivity contribution is 0.133. The molecule has 0 unspecified atom stereocenters. The summed E-state index contributed by atoms with van der Waals surface area (Å²) in [6.07, 6.45) is 3.06. The summed E-state index contributed by atoms with van der Waals surface area (Å²) in [4.78, 5) is 0. The van der Waals surface area contributed by atoms with Crippen LogP contribution >= 0.6 is 11.6 Å². The van der Waals surface area contributed by atoms with Gasteiger partial charge in [-0.05, 0) is 25.7 Å². The molecule has 0 radical (unpaired) electrons. The molecule has 0 saturated heterocycles. The van der Waals surface area contributed by atoms with Crippen molar-refractivity contribution < 1.29 is 13.2 Å². The molecule has 0 rings (SSSR count). The van der Waals surface area contributed by atoms with Crippen molar-refractivity contribution >= 4 is 21.6 Å². The van der Waals surface area contributed by atoms with Gasteiger partial charge in [0.2, 0.25) is 10.0 Å². The molecule has 16 heavy (non-hydrogen) atoms. The molecular weight excluding hydrogens is 250 g/mol. The van der Waals surface area contributed by atoms with Gasteiger partial charge in [-0.2, -0.15) is 0 Å². The maximum atomic E-state index is 11.4. The quantitative estimate of drug-likeness (QED) is 0.460. The Morgan fingerprint density at radius 2 is 1.94 bits per heavy atom. The second-order valence-electron chi connectivity index (χ2n) is 3.58. The van der Waals surface area contributed by atoms with Gasteiger partial charge in [-0.3, -0.25) is 0 Å². The standard InChI is InChI=1S/C10H22ClNO3S/c1-2-8-15-9-5-7-12-16(13,14)10-4-3-6-11/h12H,2-10H2,1H3. The first kappa shape index (κ1) is 16.2. The van der Waals surface area contributed by atoms with E-state index in [0.717, 1.165) is 25.9 Å². The Labute approximate surface area is 104 Å². The Bertz CT molecular complexity index is 244. The Morgan fingerprint density at radius 3 is 2.56 bits per heavy atom. The van der Waals surface area contributed by atoms with Crippen LogP contribution in [0, 0.1) is 0 Å². The molecule has 0 atom stereocenters. The average Bonchev–Trinajstić information content (AvgIpc) is 2.23. The van der Waals surface area contributed by atoms with Gasteiger partial charge in [0.05, 0.1) is 5.75 Å². The van der Waals surface area contributed by atoms with E-state index in [2.05, 4.69) is 4.72 Å². The van der Waals surface area contributed by atoms with Crippen LogP contribution in [0.5, 0.6) is 0 Å². The third-order valence-electron chi connectivity index (χ3n) is 1.93. The van der Waals surface area contributed by atoms with Crippen molar-refractivity contribution in [3.63, 3.8) is 0 Å². The maximum absolute atomic E-state index is 11.4. The van der Waals surface area contributed by atoms with Crippen molar-refractivity contribution in [2.75, 3.05) is 31.4 Å². The molecule has 4 nitrogen and oxygen atoms in total. The lowest BCUT2D eigenvalue weighted by Gasteiger charge is -2.06. The number of hydrogen-bond donors (Lipinski definition) is 1. The monoisotopic (exact) mass is 271 g/mol. The van der Waals surface area contributed by atoms with E-state index >= 15 is 0 Å². The summed E-state index contributed by atoms with van der Waals surface area (Å²) in [6, 6.07) is 0. The topological polar surface area (TPSA) is 55.4 Å². The minimum Gasteiger partial charge on any atom is -0.381 e. The van der Waals surface area contributed by atoms with Crippen molar-refractivity contribution in [1.82, 2.24) is 4.72 Å². The summed E-state index contributed by atoms with van der Waals surface area (Å²) in [5.74, 6) is 0.677. The minimum absolute atomic E-state index is 0.162. The van der Waals surface area contributed by atoms with Crippen molar-refractivity contribution in [3.8, 4) is 0 Å². The zero-order chi connectivity index (χ0) is 12.3. The molecule has 1 N–H and O–H groups in total. The largest absolute Gasteiger partial charge is 0.381 e. The number of nitrogens with one attached hydrogen (secondary N) is 1. The van der Waals surface area contributed by atoms with Gasteiger partial charge < -0.3 is 4.74 Å². The van der Waals surface area contributed by atoms with Gasteiger partial charge >= 0.3 is 0 Å². The zero-order valence-electron chi connectivity index (χ0n) is 9.87. The first-order valence-corrected chi connectivity index (χ1v) is 7.92. The Morgan fingerprint density at radius 1 is 1.19 bits per heavy atom. The van der Waals surface area contributed by atoms with E-state index < -0.39 is 10.0 Å². The summed E-state index contributed by atoms with van der Waals surface area (Å²) >= 11 is 5.47. The van der Waals surface area contributed by atoms with Gasteiger partial charge in [0.15, 0.2) is 0 Å². The van der Waals surface area contributed by atoms with Crippen molar-refractivity contribution in [1.29, 1.82) is 0 Å². The predicted octanol–water partition coefficient (Wildman–Crippen LogP) is 1.74. The maximum Gasteiger partial charge on any atom is 0.211 e. The van der Waals surface area contributed by atoms with Gasteiger partial charge in [-0.25, -0.2) is 13.1 Å². The number of halogens is 1. The SMILES string of the molecule is CCCOCCCNS(=O)(=O)CCCCCl. The van der Waals surface area contributed by atoms with Gasteiger partial charge in [-0.15, -0.1) is 11.6 Å². The van der Waals surface area contributed by atoms with Crippen LogP contribution < -0.4 is 4.72 Å². The van der Waals surface area contributed by atoms with Crippen LogP contribution in [-0.4, -0.2) is 39.8 Å². The van der Waals surface area contributed by atoms with Crippen molar-refractivity contribution in [3.05, 3.63) is 0 Å². The molecule has 6 heteroatoms. The average molecular weight is 272 g/mol. The van der Waals surface area contributed by atoms with E-state index in [1.165, 1.54) is 0 Å². The fraction of sp³-hybridized carbons (Fsp3) is 1.00. The normalized spacial score (nSPS) is 11.9. The highest BCUT2D eigenvalue weighted by Crippen LogP contribution is 1.96. The van der Waals surface area contributed by atoms with Crippen LogP contribution in [0.2, 0.25) is 0 Å². The third kappa shape index (κ3) is 10.7. The fourth-order valence-electron chi connectivity index (χ4n) is 1.11. The van der Waals surface area contributed by atoms with Crippen molar-refractivity contribution in [2.45, 2.75) is 32.6 Å². The lowest BCUT2D eigenvalue weighted by atomic mass is 10.4. The summed E-state index contributed by atoms with van der Waals surface area (Å²) in [6.45, 7) is 3.84. The predicted molar refractivity (Wildman–Crippen MR) is 67.5 cm³/mol. The molecule has 0 aliphatic heterocycles. The third-order valence-corrected chi connectivity index (χ3v) is 3.67. The summed E-state index contributed by atoms with van der Waals surface area (Å²) < 4.78 is 30.6. The minimum atomic E-state index is -3.11. The van der Waals surface area contributed by atoms with E-state index in [4.69, 9.17) is 16.3 Å². The molecule has 0 aromatic carbocycles. The molecular formula is C10H22ClNO3S. The molecule has 98 valence electrons. The lowest BCUT2D eigenvalue weighted by Crippen LogP contribution is -2.28. The van der Waals surface area contributed by atoms with Crippen LogP contribution in [0.25, 0.3) is 0 Å². The smallest absolute Gasteiger partial charge is 0.211 e. The first-order chi connectivity index (χ1) is 7.62. The molecule has 0 heterocycles. The number of hydrogen-bond acceptors (Lipinski definition) is 3. The van der Waals surface area contributed by atoms with Crippen LogP contribution in [0.3, 0.4) is 0 Å². The fourth-order valence-corrected chi connectivity index (χ4v) is 2.48. The Balaban J connectivity index is 3.43. The number of alkyl halides is 1.